The number of carbonyl (C=O) groups is 2. The third kappa shape index (κ3) is 4.67. The number of amides is 2. The van der Waals surface area contributed by atoms with Crippen molar-refractivity contribution in [1.29, 1.82) is 0 Å². The topological polar surface area (TPSA) is 107 Å². The zero-order valence-electron chi connectivity index (χ0n) is 17.2. The van der Waals surface area contributed by atoms with Crippen LogP contribution in [0, 0.1) is 12.8 Å². The summed E-state index contributed by atoms with van der Waals surface area (Å²) in [5.74, 6) is 1.32. The fraction of sp³-hybridized carbons (Fsp3) is 0.500. The summed E-state index contributed by atoms with van der Waals surface area (Å²) < 4.78 is 15.8. The highest BCUT2D eigenvalue weighted by Gasteiger charge is 2.26. The van der Waals surface area contributed by atoms with Gasteiger partial charge in [-0.3, -0.25) is 9.59 Å². The van der Waals surface area contributed by atoms with E-state index in [-0.39, 0.29) is 29.8 Å². The van der Waals surface area contributed by atoms with Crippen LogP contribution in [0.1, 0.15) is 52.3 Å². The summed E-state index contributed by atoms with van der Waals surface area (Å²) in [5, 5.41) is 2.71. The minimum Gasteiger partial charge on any atom is -0.481 e. The number of ether oxygens (including phenoxy) is 2. The van der Waals surface area contributed by atoms with Crippen LogP contribution in [0.5, 0.6) is 11.8 Å². The van der Waals surface area contributed by atoms with Crippen molar-refractivity contribution in [2.45, 2.75) is 33.2 Å². The number of piperidine rings is 1. The first-order chi connectivity index (χ1) is 13.9. The smallest absolute Gasteiger partial charge is 0.276 e. The summed E-state index contributed by atoms with van der Waals surface area (Å²) in [7, 11) is 2.91. The highest BCUT2D eigenvalue weighted by Crippen LogP contribution is 2.21. The molecular formula is C20H26N4O5. The maximum atomic E-state index is 12.7. The van der Waals surface area contributed by atoms with Crippen LogP contribution < -0.4 is 14.8 Å². The average molecular weight is 402 g/mol. The van der Waals surface area contributed by atoms with Crippen molar-refractivity contribution in [3.63, 3.8) is 0 Å². The maximum Gasteiger partial charge on any atom is 0.276 e. The molecule has 1 N–H and O–H groups in total. The maximum absolute atomic E-state index is 12.7. The van der Waals surface area contributed by atoms with Gasteiger partial charge in [0.2, 0.25) is 17.7 Å². The molecule has 9 heteroatoms. The lowest BCUT2D eigenvalue weighted by Crippen LogP contribution is -2.38. The number of hydrogen-bond acceptors (Lipinski definition) is 7. The zero-order chi connectivity index (χ0) is 21.0. The van der Waals surface area contributed by atoms with Crippen LogP contribution in [0.2, 0.25) is 0 Å². The molecule has 0 radical (unpaired) electrons. The fourth-order valence-corrected chi connectivity index (χ4v) is 3.20. The van der Waals surface area contributed by atoms with E-state index in [0.717, 1.165) is 25.9 Å². The number of likely N-dealkylation sites (tertiary alicyclic amines) is 1. The molecule has 0 aliphatic carbocycles. The van der Waals surface area contributed by atoms with Crippen molar-refractivity contribution in [1.82, 2.24) is 20.2 Å². The fourth-order valence-electron chi connectivity index (χ4n) is 3.20. The summed E-state index contributed by atoms with van der Waals surface area (Å²) in [6, 6.07) is 3.14. The molecule has 9 nitrogen and oxygen atoms in total. The van der Waals surface area contributed by atoms with Gasteiger partial charge in [-0.05, 0) is 31.7 Å². The van der Waals surface area contributed by atoms with Gasteiger partial charge in [0.15, 0.2) is 5.69 Å². The monoisotopic (exact) mass is 402 g/mol. The quantitative estimate of drug-likeness (QED) is 0.789. The molecule has 1 aliphatic heterocycles. The first-order valence-electron chi connectivity index (χ1n) is 9.55. The van der Waals surface area contributed by atoms with Crippen LogP contribution in [0.3, 0.4) is 0 Å². The number of methoxy groups -OCH3 is 2. The highest BCUT2D eigenvalue weighted by atomic mass is 16.5. The van der Waals surface area contributed by atoms with Crippen LogP contribution in [-0.2, 0) is 6.54 Å². The van der Waals surface area contributed by atoms with E-state index in [4.69, 9.17) is 13.9 Å². The SMILES string of the molecule is COc1ccc(C(=O)NCc2nc(C(=O)N3CCC(C)CC3)c(C)o2)c(OC)n1. The zero-order valence-corrected chi connectivity index (χ0v) is 17.2. The van der Waals surface area contributed by atoms with E-state index in [1.165, 1.54) is 14.2 Å². The average Bonchev–Trinajstić information content (AvgIpc) is 3.12. The van der Waals surface area contributed by atoms with Crippen molar-refractivity contribution >= 4 is 11.8 Å². The van der Waals surface area contributed by atoms with E-state index in [0.29, 0.717) is 23.3 Å². The minimum atomic E-state index is -0.397. The van der Waals surface area contributed by atoms with Crippen molar-refractivity contribution in [2.75, 3.05) is 27.3 Å². The van der Waals surface area contributed by atoms with E-state index in [1.54, 1.807) is 24.0 Å². The first kappa shape index (κ1) is 20.6. The molecule has 0 unspecified atom stereocenters. The van der Waals surface area contributed by atoms with E-state index in [1.807, 2.05) is 0 Å². The molecule has 156 valence electrons. The van der Waals surface area contributed by atoms with Gasteiger partial charge in [0.1, 0.15) is 11.3 Å². The standard InChI is InChI=1S/C20H26N4O5/c1-12-7-9-24(10-8-12)20(26)17-13(2)29-16(22-17)11-21-18(25)14-5-6-15(27-3)23-19(14)28-4/h5-6,12H,7-11H2,1-4H3,(H,21,25). The number of aryl methyl sites for hydroxylation is 1. The molecular weight excluding hydrogens is 376 g/mol. The molecule has 0 spiro atoms. The number of carbonyl (C=O) groups excluding carboxylic acids is 2. The Hall–Kier alpha value is -3.10. The lowest BCUT2D eigenvalue weighted by molar-refractivity contribution is 0.0690. The van der Waals surface area contributed by atoms with Crippen molar-refractivity contribution in [2.24, 2.45) is 5.92 Å². The Morgan fingerprint density at radius 1 is 1.21 bits per heavy atom. The van der Waals surface area contributed by atoms with Gasteiger partial charge in [-0.1, -0.05) is 6.92 Å². The van der Waals surface area contributed by atoms with Crippen molar-refractivity contribution in [3.05, 3.63) is 35.0 Å². The Labute approximate surface area is 169 Å². The third-order valence-electron chi connectivity index (χ3n) is 5.00. The summed E-state index contributed by atoms with van der Waals surface area (Å²) in [5.41, 5.74) is 0.558. The number of oxazole rings is 1. The van der Waals surface area contributed by atoms with Gasteiger partial charge in [-0.25, -0.2) is 4.98 Å². The molecule has 1 aliphatic rings. The lowest BCUT2D eigenvalue weighted by Gasteiger charge is -2.29. The van der Waals surface area contributed by atoms with E-state index in [2.05, 4.69) is 22.2 Å². The predicted molar refractivity (Wildman–Crippen MR) is 104 cm³/mol. The van der Waals surface area contributed by atoms with Crippen LogP contribution in [0.4, 0.5) is 0 Å². The minimum absolute atomic E-state index is 0.0408. The highest BCUT2D eigenvalue weighted by molar-refractivity contribution is 5.96. The second-order valence-corrected chi connectivity index (χ2v) is 7.08. The normalized spacial score (nSPS) is 14.6. The van der Waals surface area contributed by atoms with Gasteiger partial charge in [-0.2, -0.15) is 4.98 Å². The number of rotatable bonds is 6. The van der Waals surface area contributed by atoms with Crippen LogP contribution in [-0.4, -0.2) is 54.0 Å². The molecule has 0 aromatic carbocycles. The number of nitrogens with one attached hydrogen (secondary N) is 1. The third-order valence-corrected chi connectivity index (χ3v) is 5.00. The van der Waals surface area contributed by atoms with Gasteiger partial charge in [-0.15, -0.1) is 0 Å². The van der Waals surface area contributed by atoms with Gasteiger partial charge in [0.25, 0.3) is 11.8 Å². The Kier molecular flexibility index (Phi) is 6.36. The second kappa shape index (κ2) is 8.93. The van der Waals surface area contributed by atoms with Crippen LogP contribution >= 0.6 is 0 Å². The number of aromatic nitrogens is 2. The summed E-state index contributed by atoms with van der Waals surface area (Å²) in [6.45, 7) is 5.39. The summed E-state index contributed by atoms with van der Waals surface area (Å²) >= 11 is 0. The molecule has 2 amide bonds. The van der Waals surface area contributed by atoms with Crippen LogP contribution in [0.15, 0.2) is 16.5 Å². The number of pyridine rings is 1. The predicted octanol–water partition coefficient (Wildman–Crippen LogP) is 2.20. The van der Waals surface area contributed by atoms with Crippen molar-refractivity contribution in [3.8, 4) is 11.8 Å². The van der Waals surface area contributed by atoms with E-state index < -0.39 is 5.91 Å². The molecule has 1 fully saturated rings. The van der Waals surface area contributed by atoms with Gasteiger partial charge >= 0.3 is 0 Å². The molecule has 3 rings (SSSR count). The number of hydrogen-bond donors (Lipinski definition) is 1. The molecule has 0 atom stereocenters. The Balaban J connectivity index is 1.65. The molecule has 3 heterocycles. The largest absolute Gasteiger partial charge is 0.481 e. The Morgan fingerprint density at radius 2 is 1.93 bits per heavy atom. The number of nitrogens with zero attached hydrogens (tertiary/aromatic N) is 3. The molecule has 29 heavy (non-hydrogen) atoms. The Morgan fingerprint density at radius 3 is 2.59 bits per heavy atom. The molecule has 2 aromatic rings. The molecule has 0 bridgehead atoms. The summed E-state index contributed by atoms with van der Waals surface area (Å²) in [4.78, 5) is 35.4. The Bertz CT molecular complexity index is 887. The molecule has 2 aromatic heterocycles. The van der Waals surface area contributed by atoms with Crippen LogP contribution in [0.25, 0.3) is 0 Å². The molecule has 0 saturated carbocycles. The first-order valence-corrected chi connectivity index (χ1v) is 9.55. The van der Waals surface area contributed by atoms with Gasteiger partial charge < -0.3 is 24.1 Å². The van der Waals surface area contributed by atoms with Gasteiger partial charge in [0, 0.05) is 19.2 Å². The lowest BCUT2D eigenvalue weighted by atomic mass is 9.99. The molecule has 1 saturated heterocycles. The summed E-state index contributed by atoms with van der Waals surface area (Å²) in [6.07, 6.45) is 1.98. The second-order valence-electron chi connectivity index (χ2n) is 7.08. The van der Waals surface area contributed by atoms with Crippen molar-refractivity contribution < 1.29 is 23.5 Å². The van der Waals surface area contributed by atoms with E-state index in [9.17, 15) is 9.59 Å². The van der Waals surface area contributed by atoms with E-state index >= 15 is 0 Å². The van der Waals surface area contributed by atoms with Gasteiger partial charge in [0.05, 0.1) is 20.8 Å².